The number of carbonyl (C=O) groups excluding carboxylic acids is 2. The molecular weight excluding hydrogens is 310 g/mol. The normalized spacial score (nSPS) is 24.0. The molecule has 0 spiro atoms. The first kappa shape index (κ1) is 13.2. The van der Waals surface area contributed by atoms with E-state index >= 15 is 0 Å². The number of nitrogens with zero attached hydrogens (tertiary/aromatic N) is 3. The zero-order valence-corrected chi connectivity index (χ0v) is 13.1. The van der Waals surface area contributed by atoms with Gasteiger partial charge in [0.2, 0.25) is 11.8 Å². The number of aryl methyl sites for hydroxylation is 2. The highest BCUT2D eigenvalue weighted by Crippen LogP contribution is 2.47. The second-order valence-corrected chi connectivity index (χ2v) is 7.17. The van der Waals surface area contributed by atoms with Crippen molar-refractivity contribution >= 4 is 45.0 Å². The Labute approximate surface area is 129 Å². The van der Waals surface area contributed by atoms with E-state index in [1.54, 1.807) is 11.3 Å². The van der Waals surface area contributed by atoms with E-state index in [0.29, 0.717) is 17.4 Å². The first-order valence-corrected chi connectivity index (χ1v) is 7.94. The van der Waals surface area contributed by atoms with Crippen LogP contribution in [-0.4, -0.2) is 26.7 Å². The summed E-state index contributed by atoms with van der Waals surface area (Å²) in [6, 6.07) is 0. The maximum atomic E-state index is 12.0. The van der Waals surface area contributed by atoms with Gasteiger partial charge in [-0.3, -0.25) is 14.5 Å². The molecule has 1 aliphatic carbocycles. The summed E-state index contributed by atoms with van der Waals surface area (Å²) in [6.45, 7) is 4.12. The average Bonchev–Trinajstić information content (AvgIpc) is 3.12. The highest BCUT2D eigenvalue weighted by atomic mass is 35.5. The fourth-order valence-corrected chi connectivity index (χ4v) is 4.29. The van der Waals surface area contributed by atoms with Crippen molar-refractivity contribution in [2.24, 2.45) is 11.8 Å². The van der Waals surface area contributed by atoms with Gasteiger partial charge in [0.1, 0.15) is 9.98 Å². The van der Waals surface area contributed by atoms with Gasteiger partial charge in [0.05, 0.1) is 23.8 Å². The van der Waals surface area contributed by atoms with Gasteiger partial charge >= 0.3 is 0 Å². The minimum atomic E-state index is -0.0945. The van der Waals surface area contributed by atoms with Gasteiger partial charge in [-0.1, -0.05) is 11.6 Å². The predicted molar refractivity (Wildman–Crippen MR) is 79.1 cm³/mol. The van der Waals surface area contributed by atoms with Crippen molar-refractivity contribution in [3.05, 3.63) is 21.4 Å². The molecule has 108 valence electrons. The number of halogens is 1. The number of imide groups is 1. The lowest BCUT2D eigenvalue weighted by molar-refractivity contribution is -0.142. The average molecular weight is 322 g/mol. The number of rotatable bonds is 2. The Balaban J connectivity index is 1.71. The molecule has 1 aliphatic heterocycles. The number of likely N-dealkylation sites (tertiary alicyclic amines) is 1. The fourth-order valence-electron chi connectivity index (χ4n) is 2.86. The van der Waals surface area contributed by atoms with Crippen LogP contribution < -0.4 is 0 Å². The monoisotopic (exact) mass is 321 g/mol. The van der Waals surface area contributed by atoms with E-state index in [4.69, 9.17) is 11.6 Å². The quantitative estimate of drug-likeness (QED) is 0.629. The van der Waals surface area contributed by atoms with Gasteiger partial charge in [-0.15, -0.1) is 11.3 Å². The van der Waals surface area contributed by atoms with Gasteiger partial charge < -0.3 is 0 Å². The summed E-state index contributed by atoms with van der Waals surface area (Å²) in [6.07, 6.45) is 0.706. The van der Waals surface area contributed by atoms with E-state index in [9.17, 15) is 9.59 Å². The summed E-state index contributed by atoms with van der Waals surface area (Å²) in [5, 5.41) is 1.26. The molecule has 2 aromatic rings. The van der Waals surface area contributed by atoms with Crippen LogP contribution in [0.1, 0.15) is 22.7 Å². The molecular formula is C14H12ClN3O2S. The molecule has 2 aliphatic rings. The molecule has 2 aromatic heterocycles. The Morgan fingerprint density at radius 2 is 1.90 bits per heavy atom. The third-order valence-electron chi connectivity index (χ3n) is 4.29. The maximum absolute atomic E-state index is 12.0. The van der Waals surface area contributed by atoms with Crippen molar-refractivity contribution in [2.75, 3.05) is 0 Å². The molecule has 3 heterocycles. The smallest absolute Gasteiger partial charge is 0.233 e. The van der Waals surface area contributed by atoms with Crippen molar-refractivity contribution in [3.63, 3.8) is 0 Å². The van der Waals surface area contributed by atoms with E-state index in [2.05, 4.69) is 9.97 Å². The van der Waals surface area contributed by atoms with E-state index in [1.807, 2.05) is 13.8 Å². The highest BCUT2D eigenvalue weighted by molar-refractivity contribution is 7.18. The minimum Gasteiger partial charge on any atom is -0.274 e. The molecule has 0 bridgehead atoms. The standard InChI is InChI=1S/C14H12ClN3O2S/c1-5-6(2)21-12-10(5)11(15)16-9(17-12)4-18-13(19)7-3-8(7)14(18)20/h7-8H,3-4H2,1-2H3. The lowest BCUT2D eigenvalue weighted by Gasteiger charge is -2.15. The fraction of sp³-hybridized carbons (Fsp3) is 0.429. The van der Waals surface area contributed by atoms with Crippen LogP contribution in [0.5, 0.6) is 0 Å². The molecule has 2 amide bonds. The van der Waals surface area contributed by atoms with Crippen LogP contribution in [0.4, 0.5) is 0 Å². The molecule has 2 fully saturated rings. The van der Waals surface area contributed by atoms with E-state index in [0.717, 1.165) is 20.7 Å². The summed E-state index contributed by atoms with van der Waals surface area (Å²) >= 11 is 7.80. The lowest BCUT2D eigenvalue weighted by Crippen LogP contribution is -2.33. The predicted octanol–water partition coefficient (Wildman–Crippen LogP) is 2.47. The molecule has 21 heavy (non-hydrogen) atoms. The Kier molecular flexibility index (Phi) is 2.65. The van der Waals surface area contributed by atoms with Crippen molar-refractivity contribution in [1.29, 1.82) is 0 Å². The van der Waals surface area contributed by atoms with Gasteiger partial charge in [0, 0.05) is 4.88 Å². The first-order chi connectivity index (χ1) is 9.97. The summed E-state index contributed by atoms with van der Waals surface area (Å²) in [4.78, 5) is 35.9. The molecule has 2 atom stereocenters. The number of hydrogen-bond acceptors (Lipinski definition) is 5. The number of amides is 2. The number of carbonyl (C=O) groups is 2. The van der Waals surface area contributed by atoms with Gasteiger partial charge in [0.15, 0.2) is 5.82 Å². The van der Waals surface area contributed by atoms with Gasteiger partial charge in [-0.2, -0.15) is 0 Å². The molecule has 0 radical (unpaired) electrons. The van der Waals surface area contributed by atoms with Crippen LogP contribution >= 0.6 is 22.9 Å². The van der Waals surface area contributed by atoms with Crippen molar-refractivity contribution in [3.8, 4) is 0 Å². The zero-order valence-electron chi connectivity index (χ0n) is 11.5. The second kappa shape index (κ2) is 4.24. The minimum absolute atomic E-state index is 0.0941. The number of thiophene rings is 1. The lowest BCUT2D eigenvalue weighted by atomic mass is 10.2. The van der Waals surface area contributed by atoms with Crippen molar-refractivity contribution < 1.29 is 9.59 Å². The van der Waals surface area contributed by atoms with Crippen LogP contribution in [0.15, 0.2) is 0 Å². The summed E-state index contributed by atoms with van der Waals surface area (Å²) < 4.78 is 0. The second-order valence-electron chi connectivity index (χ2n) is 5.61. The van der Waals surface area contributed by atoms with E-state index in [1.165, 1.54) is 4.90 Å². The van der Waals surface area contributed by atoms with E-state index < -0.39 is 0 Å². The third-order valence-corrected chi connectivity index (χ3v) is 5.66. The first-order valence-electron chi connectivity index (χ1n) is 6.74. The SMILES string of the molecule is Cc1sc2nc(CN3C(=O)C4CC4C3=O)nc(Cl)c2c1C. The van der Waals surface area contributed by atoms with Gasteiger partial charge in [-0.05, 0) is 25.8 Å². The maximum Gasteiger partial charge on any atom is 0.233 e. The molecule has 0 aromatic carbocycles. The Bertz CT molecular complexity index is 796. The highest BCUT2D eigenvalue weighted by Gasteiger charge is 2.58. The molecule has 2 unspecified atom stereocenters. The van der Waals surface area contributed by atoms with Crippen LogP contribution in [0.2, 0.25) is 5.15 Å². The summed E-state index contributed by atoms with van der Waals surface area (Å²) in [5.74, 6) is 0.0503. The number of piperidine rings is 1. The van der Waals surface area contributed by atoms with Crippen LogP contribution in [-0.2, 0) is 16.1 Å². The van der Waals surface area contributed by atoms with Crippen LogP contribution in [0, 0.1) is 25.7 Å². The molecule has 5 nitrogen and oxygen atoms in total. The molecule has 1 saturated heterocycles. The van der Waals surface area contributed by atoms with E-state index in [-0.39, 0.29) is 30.2 Å². The molecule has 0 N–H and O–H groups in total. The zero-order chi connectivity index (χ0) is 14.9. The topological polar surface area (TPSA) is 63.2 Å². The molecule has 1 saturated carbocycles. The van der Waals surface area contributed by atoms with Crippen LogP contribution in [0.3, 0.4) is 0 Å². The Morgan fingerprint density at radius 1 is 1.24 bits per heavy atom. The Hall–Kier alpha value is -1.53. The number of hydrogen-bond donors (Lipinski definition) is 0. The van der Waals surface area contributed by atoms with Gasteiger partial charge in [0.25, 0.3) is 0 Å². The summed E-state index contributed by atoms with van der Waals surface area (Å²) in [7, 11) is 0. The molecule has 7 heteroatoms. The number of aromatic nitrogens is 2. The Morgan fingerprint density at radius 3 is 2.57 bits per heavy atom. The van der Waals surface area contributed by atoms with Gasteiger partial charge in [-0.25, -0.2) is 9.97 Å². The summed E-state index contributed by atoms with van der Waals surface area (Å²) in [5.41, 5.74) is 1.08. The van der Waals surface area contributed by atoms with Crippen molar-refractivity contribution in [1.82, 2.24) is 14.9 Å². The number of fused-ring (bicyclic) bond motifs is 2. The van der Waals surface area contributed by atoms with Crippen molar-refractivity contribution in [2.45, 2.75) is 26.8 Å². The van der Waals surface area contributed by atoms with Crippen LogP contribution in [0.25, 0.3) is 10.2 Å². The third kappa shape index (κ3) is 1.82. The largest absolute Gasteiger partial charge is 0.274 e. The molecule has 4 rings (SSSR count).